The van der Waals surface area contributed by atoms with Gasteiger partial charge in [-0.3, -0.25) is 4.79 Å². The fourth-order valence-corrected chi connectivity index (χ4v) is 2.83. The van der Waals surface area contributed by atoms with E-state index in [1.165, 1.54) is 11.2 Å². The van der Waals surface area contributed by atoms with Gasteiger partial charge in [-0.05, 0) is 0 Å². The molecule has 0 bridgehead atoms. The minimum absolute atomic E-state index is 0.0900. The van der Waals surface area contributed by atoms with E-state index < -0.39 is 12.0 Å². The quantitative estimate of drug-likeness (QED) is 0.849. The zero-order valence-corrected chi connectivity index (χ0v) is 12.2. The van der Waals surface area contributed by atoms with Gasteiger partial charge in [0.25, 0.3) is 0 Å². The fourth-order valence-electron chi connectivity index (χ4n) is 2.83. The highest BCUT2D eigenvalue weighted by Crippen LogP contribution is 2.27. The van der Waals surface area contributed by atoms with Gasteiger partial charge in [0.1, 0.15) is 12.4 Å². The number of imidazole rings is 2. The highest BCUT2D eigenvalue weighted by atomic mass is 16.4. The fraction of sp³-hybridized carbons (Fsp3) is 0.429. The summed E-state index contributed by atoms with van der Waals surface area (Å²) in [7, 11) is 0. The van der Waals surface area contributed by atoms with Gasteiger partial charge in [0.05, 0.1) is 12.0 Å². The summed E-state index contributed by atoms with van der Waals surface area (Å²) in [6, 6.07) is -1.03. The molecule has 1 amide bonds. The average molecular weight is 303 g/mol. The third-order valence-electron chi connectivity index (χ3n) is 3.90. The Balaban J connectivity index is 1.84. The molecule has 0 fully saturated rings. The Morgan fingerprint density at radius 1 is 1.45 bits per heavy atom. The van der Waals surface area contributed by atoms with E-state index in [2.05, 4.69) is 15.0 Å². The van der Waals surface area contributed by atoms with Crippen LogP contribution in [0.1, 0.15) is 30.2 Å². The van der Waals surface area contributed by atoms with Crippen LogP contribution in [-0.2, 0) is 29.0 Å². The maximum absolute atomic E-state index is 12.6. The minimum Gasteiger partial charge on any atom is -0.479 e. The number of amides is 1. The number of carboxylic acids is 1. The van der Waals surface area contributed by atoms with Crippen molar-refractivity contribution in [2.24, 2.45) is 0 Å². The molecule has 8 nitrogen and oxygen atoms in total. The minimum atomic E-state index is -1.07. The van der Waals surface area contributed by atoms with E-state index in [0.717, 1.165) is 11.5 Å². The predicted octanol–water partition coefficient (Wildman–Crippen LogP) is 0.379. The smallest absolute Gasteiger partial charge is 0.332 e. The molecule has 1 unspecified atom stereocenters. The van der Waals surface area contributed by atoms with Gasteiger partial charge >= 0.3 is 5.97 Å². The molecule has 0 saturated carbocycles. The van der Waals surface area contributed by atoms with Crippen molar-refractivity contribution in [2.75, 3.05) is 6.54 Å². The number of fused-ring (bicyclic) bond motifs is 1. The number of nitrogens with zero attached hydrogens (tertiary/aromatic N) is 4. The molecule has 0 spiro atoms. The van der Waals surface area contributed by atoms with E-state index in [0.29, 0.717) is 25.1 Å². The average Bonchev–Trinajstić information content (AvgIpc) is 3.13. The summed E-state index contributed by atoms with van der Waals surface area (Å²) in [4.78, 5) is 36.7. The lowest BCUT2D eigenvalue weighted by atomic mass is 10.0. The molecule has 0 aromatic carbocycles. The summed E-state index contributed by atoms with van der Waals surface area (Å²) in [6.07, 6.45) is 6.14. The van der Waals surface area contributed by atoms with Crippen LogP contribution in [0.2, 0.25) is 0 Å². The zero-order valence-electron chi connectivity index (χ0n) is 12.2. The first kappa shape index (κ1) is 14.3. The second-order valence-corrected chi connectivity index (χ2v) is 5.17. The number of rotatable bonds is 4. The summed E-state index contributed by atoms with van der Waals surface area (Å²) < 4.78 is 1.75. The first-order valence-electron chi connectivity index (χ1n) is 7.16. The number of aromatic amines is 1. The topological polar surface area (TPSA) is 104 Å². The number of aryl methyl sites for hydroxylation is 1. The molecule has 1 atom stereocenters. The standard InChI is InChI=1S/C14H17N5O3/c1-2-10-15-4-6-18(10)7-11(20)19-5-3-9-12(17-8-16-9)13(19)14(21)22/h4,6,8,13H,2-3,5,7H2,1H3,(H,16,17)(H,21,22). The first-order valence-corrected chi connectivity index (χ1v) is 7.16. The van der Waals surface area contributed by atoms with E-state index in [-0.39, 0.29) is 12.5 Å². The zero-order chi connectivity index (χ0) is 15.7. The van der Waals surface area contributed by atoms with Gasteiger partial charge in [0.2, 0.25) is 5.91 Å². The summed E-state index contributed by atoms with van der Waals surface area (Å²) in [5.41, 5.74) is 1.21. The number of hydrogen-bond donors (Lipinski definition) is 2. The Kier molecular flexibility index (Phi) is 3.66. The van der Waals surface area contributed by atoms with Crippen LogP contribution in [0.3, 0.4) is 0 Å². The number of hydrogen-bond acceptors (Lipinski definition) is 4. The van der Waals surface area contributed by atoms with Gasteiger partial charge in [-0.15, -0.1) is 0 Å². The van der Waals surface area contributed by atoms with Crippen LogP contribution in [0.25, 0.3) is 0 Å². The van der Waals surface area contributed by atoms with Crippen molar-refractivity contribution in [3.63, 3.8) is 0 Å². The monoisotopic (exact) mass is 303 g/mol. The molecular weight excluding hydrogens is 286 g/mol. The van der Waals surface area contributed by atoms with Crippen molar-refractivity contribution in [1.82, 2.24) is 24.4 Å². The number of carboxylic acid groups (broad SMARTS) is 1. The van der Waals surface area contributed by atoms with E-state index in [1.54, 1.807) is 17.0 Å². The van der Waals surface area contributed by atoms with Crippen molar-refractivity contribution in [1.29, 1.82) is 0 Å². The van der Waals surface area contributed by atoms with Crippen LogP contribution in [0.5, 0.6) is 0 Å². The molecule has 1 aliphatic rings. The van der Waals surface area contributed by atoms with Crippen molar-refractivity contribution in [3.05, 3.63) is 35.9 Å². The van der Waals surface area contributed by atoms with Gasteiger partial charge in [-0.1, -0.05) is 6.92 Å². The Hall–Kier alpha value is -2.64. The lowest BCUT2D eigenvalue weighted by Crippen LogP contribution is -2.45. The summed E-state index contributed by atoms with van der Waals surface area (Å²) >= 11 is 0. The number of nitrogens with one attached hydrogen (secondary N) is 1. The van der Waals surface area contributed by atoms with Gasteiger partial charge in [0.15, 0.2) is 6.04 Å². The number of aliphatic carboxylic acids is 1. The molecule has 2 N–H and O–H groups in total. The lowest BCUT2D eigenvalue weighted by Gasteiger charge is -2.32. The summed E-state index contributed by atoms with van der Waals surface area (Å²) in [5, 5.41) is 9.48. The Morgan fingerprint density at radius 2 is 2.27 bits per heavy atom. The molecule has 8 heteroatoms. The van der Waals surface area contributed by atoms with Crippen molar-refractivity contribution >= 4 is 11.9 Å². The van der Waals surface area contributed by atoms with E-state index in [4.69, 9.17) is 0 Å². The second kappa shape index (κ2) is 5.63. The molecule has 2 aromatic rings. The largest absolute Gasteiger partial charge is 0.479 e. The summed E-state index contributed by atoms with van der Waals surface area (Å²) in [6.45, 7) is 2.41. The van der Waals surface area contributed by atoms with E-state index >= 15 is 0 Å². The maximum Gasteiger partial charge on any atom is 0.332 e. The highest BCUT2D eigenvalue weighted by molar-refractivity contribution is 5.85. The number of H-pyrrole nitrogens is 1. The van der Waals surface area contributed by atoms with Crippen LogP contribution >= 0.6 is 0 Å². The normalized spacial score (nSPS) is 17.3. The third kappa shape index (κ3) is 2.36. The van der Waals surface area contributed by atoms with Crippen molar-refractivity contribution in [3.8, 4) is 0 Å². The molecule has 1 aliphatic heterocycles. The highest BCUT2D eigenvalue weighted by Gasteiger charge is 2.37. The molecule has 0 aliphatic carbocycles. The lowest BCUT2D eigenvalue weighted by molar-refractivity contribution is -0.151. The van der Waals surface area contributed by atoms with E-state index in [9.17, 15) is 14.7 Å². The Labute approximate surface area is 126 Å². The predicted molar refractivity (Wildman–Crippen MR) is 76.0 cm³/mol. The second-order valence-electron chi connectivity index (χ2n) is 5.17. The van der Waals surface area contributed by atoms with Gasteiger partial charge < -0.3 is 19.6 Å². The van der Waals surface area contributed by atoms with Crippen LogP contribution in [0.15, 0.2) is 18.7 Å². The number of carbonyl (C=O) groups excluding carboxylic acids is 1. The van der Waals surface area contributed by atoms with Crippen LogP contribution in [0, 0.1) is 0 Å². The Morgan fingerprint density at radius 3 is 3.00 bits per heavy atom. The number of carbonyl (C=O) groups is 2. The maximum atomic E-state index is 12.6. The molecule has 3 rings (SSSR count). The third-order valence-corrected chi connectivity index (χ3v) is 3.90. The van der Waals surface area contributed by atoms with E-state index in [1.807, 2.05) is 6.92 Å². The van der Waals surface area contributed by atoms with Gasteiger partial charge in [-0.2, -0.15) is 0 Å². The summed E-state index contributed by atoms with van der Waals surface area (Å²) in [5.74, 6) is -0.505. The molecule has 116 valence electrons. The van der Waals surface area contributed by atoms with Crippen LogP contribution in [0.4, 0.5) is 0 Å². The molecule has 0 saturated heterocycles. The van der Waals surface area contributed by atoms with Crippen LogP contribution < -0.4 is 0 Å². The van der Waals surface area contributed by atoms with Crippen molar-refractivity contribution < 1.29 is 14.7 Å². The van der Waals surface area contributed by atoms with Crippen LogP contribution in [-0.4, -0.2) is 47.9 Å². The first-order chi connectivity index (χ1) is 10.6. The molecule has 3 heterocycles. The van der Waals surface area contributed by atoms with Gasteiger partial charge in [-0.25, -0.2) is 14.8 Å². The van der Waals surface area contributed by atoms with Crippen molar-refractivity contribution in [2.45, 2.75) is 32.4 Å². The molecule has 2 aromatic heterocycles. The number of aromatic nitrogens is 4. The van der Waals surface area contributed by atoms with Gasteiger partial charge in [0, 0.05) is 37.5 Å². The molecular formula is C14H17N5O3. The molecule has 22 heavy (non-hydrogen) atoms. The molecule has 0 radical (unpaired) electrons. The Bertz CT molecular complexity index is 705. The SMILES string of the molecule is CCc1nccn1CC(=O)N1CCc2[nH]cnc2C1C(=O)O.